The maximum Gasteiger partial charge on any atom is 0.172 e. The number of nitrogens with zero attached hydrogens (tertiary/aromatic N) is 2. The van der Waals surface area contributed by atoms with Crippen molar-refractivity contribution in [2.24, 2.45) is 0 Å². The standard InChI is InChI=1S/C22H19N5OS2/c1-11-5-6-13-15(9-11)26-22(25-13)30-18-8-7-17(29-18)19-12-10-23-27-21(12)24-14-3-2-4-16(28)20(14)19/h5-10,19H,2-4H2,1H3,(H,25,26)(H2,23,24,27). The Morgan fingerprint density at radius 2 is 2.13 bits per heavy atom. The smallest absolute Gasteiger partial charge is 0.172 e. The number of carbonyl (C=O) groups excluding carboxylic acids is 1. The molecule has 6 nitrogen and oxygen atoms in total. The summed E-state index contributed by atoms with van der Waals surface area (Å²) in [6, 6.07) is 10.5. The minimum Gasteiger partial charge on any atom is -0.343 e. The molecule has 3 N–H and O–H groups in total. The van der Waals surface area contributed by atoms with Gasteiger partial charge in [0, 0.05) is 28.1 Å². The highest BCUT2D eigenvalue weighted by Gasteiger charge is 2.36. The summed E-state index contributed by atoms with van der Waals surface area (Å²) in [6.45, 7) is 2.08. The van der Waals surface area contributed by atoms with E-state index < -0.39 is 0 Å². The first-order chi connectivity index (χ1) is 14.7. The van der Waals surface area contributed by atoms with Crippen LogP contribution in [0, 0.1) is 6.92 Å². The van der Waals surface area contributed by atoms with Crippen LogP contribution in [-0.4, -0.2) is 25.9 Å². The Labute approximate surface area is 181 Å². The Kier molecular flexibility index (Phi) is 4.10. The van der Waals surface area contributed by atoms with Gasteiger partial charge in [0.2, 0.25) is 0 Å². The molecule has 6 rings (SSSR count). The maximum atomic E-state index is 12.8. The Bertz CT molecular complexity index is 1330. The predicted octanol–water partition coefficient (Wildman–Crippen LogP) is 5.37. The molecule has 0 bridgehead atoms. The van der Waals surface area contributed by atoms with Gasteiger partial charge >= 0.3 is 0 Å². The minimum absolute atomic E-state index is 0.0551. The molecule has 0 radical (unpaired) electrons. The molecule has 1 aliphatic heterocycles. The van der Waals surface area contributed by atoms with Crippen LogP contribution in [-0.2, 0) is 4.79 Å². The molecule has 4 heterocycles. The maximum absolute atomic E-state index is 12.8. The second-order valence-electron chi connectivity index (χ2n) is 7.75. The van der Waals surface area contributed by atoms with Crippen molar-refractivity contribution in [3.05, 3.63) is 63.8 Å². The highest BCUT2D eigenvalue weighted by molar-refractivity contribution is 8.01. The van der Waals surface area contributed by atoms with E-state index in [1.54, 1.807) is 23.1 Å². The van der Waals surface area contributed by atoms with E-state index in [1.807, 2.05) is 12.3 Å². The lowest BCUT2D eigenvalue weighted by molar-refractivity contribution is -0.116. The van der Waals surface area contributed by atoms with E-state index in [9.17, 15) is 4.79 Å². The minimum atomic E-state index is -0.0551. The van der Waals surface area contributed by atoms with Gasteiger partial charge in [0.15, 0.2) is 10.9 Å². The summed E-state index contributed by atoms with van der Waals surface area (Å²) < 4.78 is 1.15. The zero-order chi connectivity index (χ0) is 20.2. The number of nitrogens with one attached hydrogen (secondary N) is 3. The first-order valence-corrected chi connectivity index (χ1v) is 11.6. The van der Waals surface area contributed by atoms with Crippen molar-refractivity contribution in [2.75, 3.05) is 5.32 Å². The summed E-state index contributed by atoms with van der Waals surface area (Å²) >= 11 is 3.35. The van der Waals surface area contributed by atoms with Crippen molar-refractivity contribution in [1.82, 2.24) is 20.2 Å². The molecule has 1 aromatic carbocycles. The van der Waals surface area contributed by atoms with Crippen molar-refractivity contribution < 1.29 is 4.79 Å². The number of aryl methyl sites for hydroxylation is 1. The van der Waals surface area contributed by atoms with Crippen molar-refractivity contribution in [2.45, 2.75) is 41.5 Å². The predicted molar refractivity (Wildman–Crippen MR) is 119 cm³/mol. The number of hydrogen-bond acceptors (Lipinski definition) is 6. The molecule has 30 heavy (non-hydrogen) atoms. The van der Waals surface area contributed by atoms with Crippen LogP contribution in [0.1, 0.15) is 41.2 Å². The summed E-state index contributed by atoms with van der Waals surface area (Å²) in [5.74, 6) is 1.10. The second kappa shape index (κ2) is 6.85. The van der Waals surface area contributed by atoms with Crippen molar-refractivity contribution in [1.29, 1.82) is 0 Å². The summed E-state index contributed by atoms with van der Waals surface area (Å²) in [5.41, 5.74) is 6.24. The summed E-state index contributed by atoms with van der Waals surface area (Å²) in [6.07, 6.45) is 4.27. The van der Waals surface area contributed by atoms with Crippen LogP contribution in [0.2, 0.25) is 0 Å². The van der Waals surface area contributed by atoms with Gasteiger partial charge in [0.25, 0.3) is 0 Å². The lowest BCUT2D eigenvalue weighted by Gasteiger charge is -2.30. The van der Waals surface area contributed by atoms with Crippen LogP contribution in [0.3, 0.4) is 0 Å². The van der Waals surface area contributed by atoms with Crippen LogP contribution in [0.5, 0.6) is 0 Å². The van der Waals surface area contributed by atoms with Crippen LogP contribution in [0.25, 0.3) is 11.0 Å². The molecule has 3 aromatic heterocycles. The van der Waals surface area contributed by atoms with E-state index in [0.717, 1.165) is 60.8 Å². The topological polar surface area (TPSA) is 86.5 Å². The number of carbonyl (C=O) groups is 1. The molecule has 1 aliphatic carbocycles. The Hall–Kier alpha value is -2.84. The van der Waals surface area contributed by atoms with E-state index in [-0.39, 0.29) is 11.7 Å². The Morgan fingerprint density at radius 3 is 3.07 bits per heavy atom. The van der Waals surface area contributed by atoms with Crippen LogP contribution >= 0.6 is 23.1 Å². The lowest BCUT2D eigenvalue weighted by Crippen LogP contribution is -2.26. The summed E-state index contributed by atoms with van der Waals surface area (Å²) in [4.78, 5) is 22.1. The van der Waals surface area contributed by atoms with Gasteiger partial charge in [-0.15, -0.1) is 11.3 Å². The van der Waals surface area contributed by atoms with E-state index in [4.69, 9.17) is 4.98 Å². The van der Waals surface area contributed by atoms with Gasteiger partial charge < -0.3 is 10.3 Å². The van der Waals surface area contributed by atoms with Gasteiger partial charge in [0.1, 0.15) is 5.82 Å². The number of aromatic nitrogens is 4. The van der Waals surface area contributed by atoms with Crippen LogP contribution in [0.4, 0.5) is 5.82 Å². The normalized spacial score (nSPS) is 18.4. The number of imidazole rings is 1. The molecule has 4 aromatic rings. The number of anilines is 1. The van der Waals surface area contributed by atoms with E-state index in [0.29, 0.717) is 6.42 Å². The molecule has 0 amide bonds. The van der Waals surface area contributed by atoms with E-state index in [2.05, 4.69) is 51.7 Å². The molecule has 0 saturated carbocycles. The van der Waals surface area contributed by atoms with E-state index in [1.165, 1.54) is 5.56 Å². The first kappa shape index (κ1) is 18.0. The van der Waals surface area contributed by atoms with Gasteiger partial charge in [-0.05, 0) is 61.4 Å². The average molecular weight is 434 g/mol. The van der Waals surface area contributed by atoms with Gasteiger partial charge in [0.05, 0.1) is 27.4 Å². The fourth-order valence-corrected chi connectivity index (χ4v) is 6.52. The highest BCUT2D eigenvalue weighted by Crippen LogP contribution is 2.47. The zero-order valence-electron chi connectivity index (χ0n) is 16.3. The lowest BCUT2D eigenvalue weighted by atomic mass is 9.80. The number of ketones is 1. The zero-order valence-corrected chi connectivity index (χ0v) is 17.9. The number of Topliss-reactive ketones (excluding diaryl/α,β-unsaturated/α-hetero) is 1. The fourth-order valence-electron chi connectivity index (χ4n) is 4.33. The van der Waals surface area contributed by atoms with Crippen molar-refractivity contribution >= 4 is 45.7 Å². The highest BCUT2D eigenvalue weighted by atomic mass is 32.2. The molecule has 2 aliphatic rings. The Morgan fingerprint density at radius 1 is 1.20 bits per heavy atom. The summed E-state index contributed by atoms with van der Waals surface area (Å²) in [5, 5.41) is 11.6. The summed E-state index contributed by atoms with van der Waals surface area (Å²) in [7, 11) is 0. The molecule has 1 atom stereocenters. The molecule has 0 saturated heterocycles. The quantitative estimate of drug-likeness (QED) is 0.404. The van der Waals surface area contributed by atoms with Gasteiger partial charge in [-0.1, -0.05) is 6.07 Å². The van der Waals surface area contributed by atoms with Gasteiger partial charge in [-0.2, -0.15) is 5.10 Å². The number of aromatic amines is 2. The van der Waals surface area contributed by atoms with Gasteiger partial charge in [-0.25, -0.2) is 4.98 Å². The molecule has 0 spiro atoms. The number of benzene rings is 1. The SMILES string of the molecule is Cc1ccc2nc(Sc3ccc(C4C5=C(CCCC5=O)Nc5[nH]ncc54)s3)[nH]c2c1. The molecule has 0 fully saturated rings. The molecule has 8 heteroatoms. The largest absolute Gasteiger partial charge is 0.343 e. The van der Waals surface area contributed by atoms with Crippen LogP contribution < -0.4 is 5.32 Å². The molecular formula is C22H19N5OS2. The number of rotatable bonds is 3. The van der Waals surface area contributed by atoms with Crippen molar-refractivity contribution in [3.8, 4) is 0 Å². The van der Waals surface area contributed by atoms with Crippen molar-refractivity contribution in [3.63, 3.8) is 0 Å². The average Bonchev–Trinajstić information content (AvgIpc) is 3.45. The molecule has 1 unspecified atom stereocenters. The second-order valence-corrected chi connectivity index (χ2v) is 10.2. The third-order valence-corrected chi connectivity index (χ3v) is 7.87. The number of hydrogen-bond donors (Lipinski definition) is 3. The third-order valence-electron chi connectivity index (χ3n) is 5.70. The number of H-pyrrole nitrogens is 2. The molecular weight excluding hydrogens is 414 g/mol. The van der Waals surface area contributed by atoms with Crippen LogP contribution in [0.15, 0.2) is 57.2 Å². The first-order valence-electron chi connectivity index (χ1n) is 9.96. The third kappa shape index (κ3) is 2.90. The number of fused-ring (bicyclic) bond motifs is 2. The Balaban J connectivity index is 1.36. The monoisotopic (exact) mass is 433 g/mol. The number of thiophene rings is 1. The molecule has 150 valence electrons. The van der Waals surface area contributed by atoms with E-state index >= 15 is 0 Å². The fraction of sp³-hybridized carbons (Fsp3) is 0.227. The van der Waals surface area contributed by atoms with Gasteiger partial charge in [-0.3, -0.25) is 9.89 Å². The number of allylic oxidation sites excluding steroid dienone is 2.